The minimum Gasteiger partial charge on any atom is -0.367 e. The van der Waals surface area contributed by atoms with Gasteiger partial charge in [-0.25, -0.2) is 4.98 Å². The summed E-state index contributed by atoms with van der Waals surface area (Å²) in [5, 5.41) is 4.12. The van der Waals surface area contributed by atoms with Crippen molar-refractivity contribution in [2.45, 2.75) is 25.9 Å². The lowest BCUT2D eigenvalue weighted by molar-refractivity contribution is -0.139. The van der Waals surface area contributed by atoms with Crippen LogP contribution in [0.15, 0.2) is 18.5 Å². The average molecular weight is 303 g/mol. The molecule has 0 aromatic carbocycles. The molecule has 3 rings (SSSR count). The van der Waals surface area contributed by atoms with Crippen LogP contribution in [-0.2, 0) is 23.0 Å². The number of hydrogen-bond acceptors (Lipinski definition) is 4. The molecule has 1 atom stereocenters. The maximum absolute atomic E-state index is 12.4. The van der Waals surface area contributed by atoms with Gasteiger partial charge in [-0.3, -0.25) is 9.48 Å². The Bertz CT molecular complexity index is 648. The number of aromatic amines is 1. The first-order valence-corrected chi connectivity index (χ1v) is 7.51. The number of hydrogen-bond donors (Lipinski definition) is 1. The van der Waals surface area contributed by atoms with Gasteiger partial charge in [-0.05, 0) is 19.4 Å². The van der Waals surface area contributed by atoms with E-state index in [2.05, 4.69) is 15.1 Å². The lowest BCUT2D eigenvalue weighted by atomic mass is 10.2. The standard InChI is InChI=1S/C15H21N5O2/c1-11-9-16-15(18-11)13-10-20(7-8-22-13)14(21)4-3-12-5-6-17-19(12)2/h5-6,9,13H,3-4,7-8,10H2,1-2H3,(H,16,18). The van der Waals surface area contributed by atoms with E-state index in [1.807, 2.05) is 24.9 Å². The van der Waals surface area contributed by atoms with Crippen LogP contribution in [0.2, 0.25) is 0 Å². The molecule has 0 bridgehead atoms. The summed E-state index contributed by atoms with van der Waals surface area (Å²) in [4.78, 5) is 21.7. The third kappa shape index (κ3) is 3.19. The number of aromatic nitrogens is 4. The number of carbonyl (C=O) groups excluding carboxylic acids is 1. The molecule has 7 heteroatoms. The lowest BCUT2D eigenvalue weighted by Gasteiger charge is -2.32. The van der Waals surface area contributed by atoms with Crippen molar-refractivity contribution in [1.29, 1.82) is 0 Å². The van der Waals surface area contributed by atoms with Gasteiger partial charge >= 0.3 is 0 Å². The van der Waals surface area contributed by atoms with Crippen LogP contribution in [0, 0.1) is 6.92 Å². The zero-order valence-corrected chi connectivity index (χ0v) is 13.0. The van der Waals surface area contributed by atoms with E-state index >= 15 is 0 Å². The molecule has 0 radical (unpaired) electrons. The molecule has 3 heterocycles. The summed E-state index contributed by atoms with van der Waals surface area (Å²) in [6.07, 6.45) is 4.56. The van der Waals surface area contributed by atoms with Gasteiger partial charge in [0.2, 0.25) is 5.91 Å². The Balaban J connectivity index is 1.57. The first-order chi connectivity index (χ1) is 10.6. The normalized spacial score (nSPS) is 18.6. The van der Waals surface area contributed by atoms with Crippen molar-refractivity contribution in [3.63, 3.8) is 0 Å². The Morgan fingerprint density at radius 3 is 3.09 bits per heavy atom. The molecular formula is C15H21N5O2. The summed E-state index contributed by atoms with van der Waals surface area (Å²) >= 11 is 0. The van der Waals surface area contributed by atoms with Crippen molar-refractivity contribution < 1.29 is 9.53 Å². The van der Waals surface area contributed by atoms with Crippen molar-refractivity contribution in [3.8, 4) is 0 Å². The smallest absolute Gasteiger partial charge is 0.223 e. The molecule has 2 aromatic rings. The Morgan fingerprint density at radius 2 is 2.41 bits per heavy atom. The minimum absolute atomic E-state index is 0.151. The molecule has 1 aliphatic rings. The maximum atomic E-state index is 12.4. The van der Waals surface area contributed by atoms with E-state index in [1.54, 1.807) is 17.1 Å². The highest BCUT2D eigenvalue weighted by molar-refractivity contribution is 5.76. The van der Waals surface area contributed by atoms with Crippen LogP contribution in [0.25, 0.3) is 0 Å². The van der Waals surface area contributed by atoms with E-state index in [1.165, 1.54) is 0 Å². The molecule has 1 unspecified atom stereocenters. The highest BCUT2D eigenvalue weighted by atomic mass is 16.5. The molecule has 7 nitrogen and oxygen atoms in total. The van der Waals surface area contributed by atoms with Crippen molar-refractivity contribution in [2.24, 2.45) is 7.05 Å². The average Bonchev–Trinajstić information content (AvgIpc) is 3.13. The molecule has 0 spiro atoms. The van der Waals surface area contributed by atoms with Crippen LogP contribution in [0.4, 0.5) is 0 Å². The molecule has 1 amide bonds. The van der Waals surface area contributed by atoms with Crippen molar-refractivity contribution in [1.82, 2.24) is 24.6 Å². The number of imidazole rings is 1. The number of morpholine rings is 1. The van der Waals surface area contributed by atoms with Crippen LogP contribution in [0.1, 0.15) is 29.7 Å². The topological polar surface area (TPSA) is 76.0 Å². The quantitative estimate of drug-likeness (QED) is 0.913. The first kappa shape index (κ1) is 14.8. The van der Waals surface area contributed by atoms with Gasteiger partial charge in [0.25, 0.3) is 0 Å². The van der Waals surface area contributed by atoms with E-state index in [0.717, 1.165) is 17.2 Å². The number of aryl methyl sites for hydroxylation is 3. The highest BCUT2D eigenvalue weighted by Crippen LogP contribution is 2.20. The van der Waals surface area contributed by atoms with E-state index in [4.69, 9.17) is 4.74 Å². The van der Waals surface area contributed by atoms with Gasteiger partial charge in [0.15, 0.2) is 0 Å². The third-order valence-electron chi connectivity index (χ3n) is 3.96. The predicted octanol–water partition coefficient (Wildman–Crippen LogP) is 0.984. The van der Waals surface area contributed by atoms with Gasteiger partial charge in [-0.15, -0.1) is 0 Å². The largest absolute Gasteiger partial charge is 0.367 e. The number of H-pyrrole nitrogens is 1. The Labute approximate surface area is 129 Å². The van der Waals surface area contributed by atoms with Gasteiger partial charge in [-0.1, -0.05) is 0 Å². The zero-order chi connectivity index (χ0) is 15.5. The predicted molar refractivity (Wildman–Crippen MR) is 80.1 cm³/mol. The van der Waals surface area contributed by atoms with Crippen LogP contribution in [0.5, 0.6) is 0 Å². The summed E-state index contributed by atoms with van der Waals surface area (Å²) in [7, 11) is 1.89. The second kappa shape index (κ2) is 6.31. The summed E-state index contributed by atoms with van der Waals surface area (Å²) in [6.45, 7) is 3.69. The molecule has 22 heavy (non-hydrogen) atoms. The Kier molecular flexibility index (Phi) is 4.24. The SMILES string of the molecule is Cc1cnc(C2CN(C(=O)CCc3ccnn3C)CCO2)[nH]1. The summed E-state index contributed by atoms with van der Waals surface area (Å²) < 4.78 is 7.53. The molecule has 2 aromatic heterocycles. The second-order valence-electron chi connectivity index (χ2n) is 5.60. The molecule has 1 saturated heterocycles. The minimum atomic E-state index is -0.164. The number of rotatable bonds is 4. The number of nitrogens with one attached hydrogen (secondary N) is 1. The summed E-state index contributed by atoms with van der Waals surface area (Å²) in [5.74, 6) is 0.944. The molecule has 1 fully saturated rings. The fourth-order valence-corrected chi connectivity index (χ4v) is 2.68. The van der Waals surface area contributed by atoms with E-state index in [9.17, 15) is 4.79 Å². The van der Waals surface area contributed by atoms with E-state index < -0.39 is 0 Å². The number of carbonyl (C=O) groups is 1. The molecule has 1 N–H and O–H groups in total. The van der Waals surface area contributed by atoms with Gasteiger partial charge in [0.05, 0.1) is 13.2 Å². The van der Waals surface area contributed by atoms with Gasteiger partial charge in [-0.2, -0.15) is 5.10 Å². The Morgan fingerprint density at radius 1 is 1.55 bits per heavy atom. The lowest BCUT2D eigenvalue weighted by Crippen LogP contribution is -2.42. The fourth-order valence-electron chi connectivity index (χ4n) is 2.68. The van der Waals surface area contributed by atoms with Crippen LogP contribution in [-0.4, -0.2) is 50.3 Å². The summed E-state index contributed by atoms with van der Waals surface area (Å²) in [6, 6.07) is 1.95. The second-order valence-corrected chi connectivity index (χ2v) is 5.60. The fraction of sp³-hybridized carbons (Fsp3) is 0.533. The van der Waals surface area contributed by atoms with Gasteiger partial charge in [0.1, 0.15) is 11.9 Å². The molecule has 0 saturated carbocycles. The monoisotopic (exact) mass is 303 g/mol. The molecule has 118 valence electrons. The van der Waals surface area contributed by atoms with Gasteiger partial charge in [0, 0.05) is 43.8 Å². The zero-order valence-electron chi connectivity index (χ0n) is 13.0. The number of nitrogens with zero attached hydrogens (tertiary/aromatic N) is 4. The van der Waals surface area contributed by atoms with Crippen LogP contribution in [0.3, 0.4) is 0 Å². The molecule has 1 aliphatic heterocycles. The van der Waals surface area contributed by atoms with Crippen LogP contribution < -0.4 is 0 Å². The molecule has 0 aliphatic carbocycles. The third-order valence-corrected chi connectivity index (χ3v) is 3.96. The Hall–Kier alpha value is -2.15. The van der Waals surface area contributed by atoms with Crippen LogP contribution >= 0.6 is 0 Å². The number of amides is 1. The highest BCUT2D eigenvalue weighted by Gasteiger charge is 2.26. The van der Waals surface area contributed by atoms with Crippen molar-refractivity contribution in [2.75, 3.05) is 19.7 Å². The maximum Gasteiger partial charge on any atom is 0.223 e. The van der Waals surface area contributed by atoms with Gasteiger partial charge < -0.3 is 14.6 Å². The van der Waals surface area contributed by atoms with Crippen molar-refractivity contribution >= 4 is 5.91 Å². The summed E-state index contributed by atoms with van der Waals surface area (Å²) in [5.41, 5.74) is 2.07. The first-order valence-electron chi connectivity index (χ1n) is 7.51. The molecular weight excluding hydrogens is 282 g/mol. The number of ether oxygens (including phenoxy) is 1. The van der Waals surface area contributed by atoms with Crippen molar-refractivity contribution in [3.05, 3.63) is 35.7 Å². The van der Waals surface area contributed by atoms with E-state index in [-0.39, 0.29) is 12.0 Å². The van der Waals surface area contributed by atoms with E-state index in [0.29, 0.717) is 32.5 Å².